The van der Waals surface area contributed by atoms with Crippen molar-refractivity contribution in [3.8, 4) is 23.0 Å². The Morgan fingerprint density at radius 2 is 1.31 bits per heavy atom. The van der Waals surface area contributed by atoms with Gasteiger partial charge in [-0.25, -0.2) is 9.36 Å². The standard InChI is InChI=1S/C43H56N3O10PS2/c1-7-10-38(57(52,55-31-17-21-33(58-5)22-18-31)56-32-19-23-34(59-6)24-20-32)45-41(50)36-25-28-11-8-9-12-35(28)46(36)42(51)40(43(2,3)4)44-37(47)26-53-29-13-15-30(16-14-29)54-27-39(48)49/h13-24,28,35-36,38,40H,7-12,25-27H2,1-6H3,(H,44,47)(H,45,50)(H,48,49)/t28-,35-,36-,38+,40+/m0/s1. The molecule has 0 spiro atoms. The van der Waals surface area contributed by atoms with Crippen LogP contribution in [0.3, 0.4) is 0 Å². The normalized spacial score (nSPS) is 18.8. The molecule has 0 aromatic heterocycles. The van der Waals surface area contributed by atoms with E-state index in [1.54, 1.807) is 64.8 Å². The summed E-state index contributed by atoms with van der Waals surface area (Å²) in [5, 5.41) is 14.8. The number of hydrogen-bond donors (Lipinski definition) is 3. The lowest BCUT2D eigenvalue weighted by molar-refractivity contribution is -0.146. The zero-order valence-corrected chi connectivity index (χ0v) is 37.0. The average molecular weight is 870 g/mol. The summed E-state index contributed by atoms with van der Waals surface area (Å²) in [4.78, 5) is 57.4. The van der Waals surface area contributed by atoms with Crippen LogP contribution in [0.4, 0.5) is 0 Å². The molecule has 3 amide bonds. The van der Waals surface area contributed by atoms with Gasteiger partial charge in [-0.3, -0.25) is 14.4 Å². The van der Waals surface area contributed by atoms with Crippen LogP contribution in [0.1, 0.15) is 72.6 Å². The molecule has 320 valence electrons. The van der Waals surface area contributed by atoms with Crippen molar-refractivity contribution in [3.63, 3.8) is 0 Å². The van der Waals surface area contributed by atoms with Crippen LogP contribution in [0, 0.1) is 11.3 Å². The summed E-state index contributed by atoms with van der Waals surface area (Å²) in [6.07, 6.45) is 8.66. The van der Waals surface area contributed by atoms with Gasteiger partial charge in [0.05, 0.1) is 0 Å². The first-order valence-electron chi connectivity index (χ1n) is 19.9. The van der Waals surface area contributed by atoms with Crippen molar-refractivity contribution in [2.75, 3.05) is 25.7 Å². The molecular weight excluding hydrogens is 814 g/mol. The molecule has 0 unspecified atom stereocenters. The summed E-state index contributed by atoms with van der Waals surface area (Å²) in [7, 11) is -4.17. The predicted molar refractivity (Wildman–Crippen MR) is 230 cm³/mol. The van der Waals surface area contributed by atoms with E-state index in [1.165, 1.54) is 12.1 Å². The molecule has 16 heteroatoms. The number of fused-ring (bicyclic) bond motifs is 1. The Bertz CT molecular complexity index is 1890. The number of carbonyl (C=O) groups is 4. The van der Waals surface area contributed by atoms with Crippen LogP contribution in [-0.2, 0) is 23.7 Å². The molecule has 1 heterocycles. The summed E-state index contributed by atoms with van der Waals surface area (Å²) in [5.74, 6) is -2.07. The molecule has 2 fully saturated rings. The van der Waals surface area contributed by atoms with Crippen LogP contribution >= 0.6 is 31.1 Å². The van der Waals surface area contributed by atoms with Crippen LogP contribution in [0.25, 0.3) is 0 Å². The molecule has 1 saturated heterocycles. The Morgan fingerprint density at radius 1 is 0.797 bits per heavy atom. The van der Waals surface area contributed by atoms with Crippen molar-refractivity contribution in [2.45, 2.75) is 106 Å². The van der Waals surface area contributed by atoms with Gasteiger partial charge in [-0.1, -0.05) is 47.0 Å². The first-order valence-corrected chi connectivity index (χ1v) is 24.0. The minimum atomic E-state index is -4.17. The van der Waals surface area contributed by atoms with Gasteiger partial charge in [0, 0.05) is 15.8 Å². The van der Waals surface area contributed by atoms with Gasteiger partial charge in [0.25, 0.3) is 5.91 Å². The molecule has 59 heavy (non-hydrogen) atoms. The molecule has 0 bridgehead atoms. The van der Waals surface area contributed by atoms with Gasteiger partial charge >= 0.3 is 13.6 Å². The van der Waals surface area contributed by atoms with E-state index in [0.717, 1.165) is 35.5 Å². The first-order chi connectivity index (χ1) is 28.1. The van der Waals surface area contributed by atoms with Crippen LogP contribution in [-0.4, -0.2) is 83.3 Å². The van der Waals surface area contributed by atoms with Crippen LogP contribution in [0.15, 0.2) is 82.6 Å². The molecule has 3 aromatic carbocycles. The monoisotopic (exact) mass is 869 g/mol. The van der Waals surface area contributed by atoms with Gasteiger partial charge in [-0.05, 0) is 122 Å². The fourth-order valence-corrected chi connectivity index (χ4v) is 10.3. The number of ether oxygens (including phenoxy) is 2. The van der Waals surface area contributed by atoms with Crippen molar-refractivity contribution >= 4 is 54.8 Å². The van der Waals surface area contributed by atoms with Gasteiger partial charge in [0.1, 0.15) is 35.1 Å². The molecule has 1 aliphatic heterocycles. The maximum Gasteiger partial charge on any atom is 0.452 e. The smallest absolute Gasteiger partial charge is 0.452 e. The minimum Gasteiger partial charge on any atom is -0.484 e. The molecule has 1 saturated carbocycles. The number of nitrogens with one attached hydrogen (secondary N) is 2. The number of carboxylic acid groups (broad SMARTS) is 1. The van der Waals surface area contributed by atoms with E-state index >= 15 is 4.57 Å². The second-order valence-electron chi connectivity index (χ2n) is 15.8. The number of likely N-dealkylation sites (tertiary alicyclic amines) is 1. The van der Waals surface area contributed by atoms with E-state index in [-0.39, 0.29) is 30.9 Å². The lowest BCUT2D eigenvalue weighted by Gasteiger charge is -2.40. The Kier molecular flexibility index (Phi) is 16.1. The Labute approximate surface area is 355 Å². The van der Waals surface area contributed by atoms with Crippen LogP contribution < -0.4 is 29.2 Å². The molecule has 5 atom stereocenters. The predicted octanol–water partition coefficient (Wildman–Crippen LogP) is 8.26. The first kappa shape index (κ1) is 45.7. The molecule has 1 aliphatic carbocycles. The second kappa shape index (κ2) is 20.8. The van der Waals surface area contributed by atoms with Crippen LogP contribution in [0.5, 0.6) is 23.0 Å². The summed E-state index contributed by atoms with van der Waals surface area (Å²) >= 11 is 3.13. The van der Waals surface area contributed by atoms with E-state index in [1.807, 2.05) is 64.5 Å². The number of thioether (sulfide) groups is 2. The third-order valence-electron chi connectivity index (χ3n) is 10.5. The maximum absolute atomic E-state index is 15.1. The highest BCUT2D eigenvalue weighted by molar-refractivity contribution is 7.98. The third-order valence-corrected chi connectivity index (χ3v) is 14.0. The molecule has 3 aromatic rings. The van der Waals surface area contributed by atoms with E-state index in [9.17, 15) is 19.2 Å². The number of hydrogen-bond acceptors (Lipinski definition) is 11. The number of aliphatic carboxylic acids is 1. The quantitative estimate of drug-likeness (QED) is 0.0780. The van der Waals surface area contributed by atoms with Gasteiger partial charge in [-0.2, -0.15) is 0 Å². The lowest BCUT2D eigenvalue weighted by Crippen LogP contribution is -2.60. The fourth-order valence-electron chi connectivity index (χ4n) is 7.49. The van der Waals surface area contributed by atoms with Crippen LogP contribution in [0.2, 0.25) is 0 Å². The third kappa shape index (κ3) is 12.4. The fraction of sp³-hybridized carbons (Fsp3) is 0.488. The number of carbonyl (C=O) groups excluding carboxylic acids is 3. The van der Waals surface area contributed by atoms with Crippen molar-refractivity contribution in [2.24, 2.45) is 11.3 Å². The van der Waals surface area contributed by atoms with Gasteiger partial charge < -0.3 is 39.2 Å². The summed E-state index contributed by atoms with van der Waals surface area (Å²) in [6.45, 7) is 6.62. The molecule has 3 N–H and O–H groups in total. The summed E-state index contributed by atoms with van der Waals surface area (Å²) < 4.78 is 38.5. The van der Waals surface area contributed by atoms with Crippen molar-refractivity contribution in [1.29, 1.82) is 0 Å². The van der Waals surface area contributed by atoms with Crippen molar-refractivity contribution in [1.82, 2.24) is 15.5 Å². The highest BCUT2D eigenvalue weighted by Crippen LogP contribution is 2.54. The lowest BCUT2D eigenvalue weighted by atomic mass is 9.83. The number of rotatable bonds is 19. The highest BCUT2D eigenvalue weighted by atomic mass is 32.2. The van der Waals surface area contributed by atoms with E-state index < -0.39 is 55.3 Å². The molecule has 5 rings (SSSR count). The molecule has 0 radical (unpaired) electrons. The van der Waals surface area contributed by atoms with E-state index in [4.69, 9.17) is 23.6 Å². The van der Waals surface area contributed by atoms with E-state index in [2.05, 4.69) is 10.6 Å². The Balaban J connectivity index is 1.38. The van der Waals surface area contributed by atoms with E-state index in [0.29, 0.717) is 35.8 Å². The maximum atomic E-state index is 15.1. The molecular formula is C43H56N3O10PS2. The highest BCUT2D eigenvalue weighted by Gasteiger charge is 2.52. The van der Waals surface area contributed by atoms with Gasteiger partial charge in [0.15, 0.2) is 19.0 Å². The SMILES string of the molecule is CCC[C@H](NC(=O)[C@@H]1C[C@@H]2CCCC[C@@H]2N1C(=O)[C@@H](NC(=O)COc1ccc(OCC(=O)O)cc1)C(C)(C)C)P(=O)(Oc1ccc(SC)cc1)Oc1ccc(SC)cc1. The van der Waals surface area contributed by atoms with Crippen molar-refractivity contribution in [3.05, 3.63) is 72.8 Å². The number of nitrogens with zero attached hydrogens (tertiary/aromatic N) is 1. The molecule has 2 aliphatic rings. The Hall–Kier alpha value is -4.33. The summed E-state index contributed by atoms with van der Waals surface area (Å²) in [6, 6.07) is 18.5. The zero-order chi connectivity index (χ0) is 42.7. The minimum absolute atomic E-state index is 0.0828. The van der Waals surface area contributed by atoms with Crippen molar-refractivity contribution < 1.29 is 47.4 Å². The largest absolute Gasteiger partial charge is 0.484 e. The zero-order valence-electron chi connectivity index (χ0n) is 34.5. The Morgan fingerprint density at radius 3 is 1.80 bits per heavy atom. The topological polar surface area (TPSA) is 170 Å². The summed E-state index contributed by atoms with van der Waals surface area (Å²) in [5.41, 5.74) is -0.747. The number of benzene rings is 3. The second-order valence-corrected chi connectivity index (χ2v) is 19.6. The van der Waals surface area contributed by atoms with Gasteiger partial charge in [-0.15, -0.1) is 23.5 Å². The van der Waals surface area contributed by atoms with Gasteiger partial charge in [0.2, 0.25) is 11.8 Å². The number of amides is 3. The molecule has 13 nitrogen and oxygen atoms in total. The number of carboxylic acids is 1. The average Bonchev–Trinajstić information content (AvgIpc) is 3.61.